The maximum Gasteiger partial charge on any atom is 0.356 e. The Hall–Kier alpha value is -1.53. The fraction of sp³-hybridized carbons (Fsp3) is 0.714. The zero-order valence-electron chi connectivity index (χ0n) is 14.9. The standard InChI is InChI=1S/C14H24N3O9P/c1-3-24-27(22,25-4-2)7-23-5-8-10(18)11(19)14(26-8)17-6-16-9(12(15)20)13(17)21/h6,8,10-11,14,18-19,21H,3-5,7H2,1-2H3,(H2,15,20)/t8-,10-,11-,14-/m1/s1. The zero-order chi connectivity index (χ0) is 20.2. The number of ether oxygens (including phenoxy) is 2. The van der Waals surface area contributed by atoms with E-state index in [9.17, 15) is 24.7 Å². The first-order chi connectivity index (χ1) is 12.7. The number of aliphatic hydroxyl groups is 2. The largest absolute Gasteiger partial charge is 0.493 e. The third-order valence-corrected chi connectivity index (χ3v) is 5.60. The van der Waals surface area contributed by atoms with E-state index in [-0.39, 0.29) is 26.2 Å². The van der Waals surface area contributed by atoms with Crippen molar-refractivity contribution in [3.8, 4) is 5.88 Å². The second kappa shape index (κ2) is 9.11. The summed E-state index contributed by atoms with van der Waals surface area (Å²) >= 11 is 0. The number of rotatable bonds is 10. The van der Waals surface area contributed by atoms with E-state index in [0.717, 1.165) is 10.9 Å². The number of nitrogens with two attached hydrogens (primary N) is 1. The molecule has 154 valence electrons. The van der Waals surface area contributed by atoms with Crippen LogP contribution in [-0.4, -0.2) is 75.3 Å². The molecule has 2 rings (SSSR count). The van der Waals surface area contributed by atoms with Gasteiger partial charge in [-0.25, -0.2) is 4.98 Å². The van der Waals surface area contributed by atoms with E-state index in [1.807, 2.05) is 0 Å². The lowest BCUT2D eigenvalue weighted by Gasteiger charge is -2.19. The first-order valence-corrected chi connectivity index (χ1v) is 10.00. The van der Waals surface area contributed by atoms with Gasteiger partial charge in [-0.15, -0.1) is 0 Å². The Morgan fingerprint density at radius 3 is 2.48 bits per heavy atom. The number of carbonyl (C=O) groups excluding carboxylic acids is 1. The van der Waals surface area contributed by atoms with Crippen LogP contribution in [0.5, 0.6) is 5.88 Å². The van der Waals surface area contributed by atoms with Crippen LogP contribution in [0, 0.1) is 0 Å². The van der Waals surface area contributed by atoms with Gasteiger partial charge in [0.05, 0.1) is 19.8 Å². The number of imidazole rings is 1. The quantitative estimate of drug-likeness (QED) is 0.370. The molecule has 0 aliphatic carbocycles. The number of primary amides is 1. The molecule has 1 aliphatic rings. The highest BCUT2D eigenvalue weighted by molar-refractivity contribution is 7.53. The predicted octanol–water partition coefficient (Wildman–Crippen LogP) is -0.453. The highest BCUT2D eigenvalue weighted by atomic mass is 31.2. The summed E-state index contributed by atoms with van der Waals surface area (Å²) in [6, 6.07) is 0. The van der Waals surface area contributed by atoms with Crippen molar-refractivity contribution < 1.29 is 43.2 Å². The molecule has 1 fully saturated rings. The summed E-state index contributed by atoms with van der Waals surface area (Å²) in [6.07, 6.45) is -4.33. The highest BCUT2D eigenvalue weighted by Gasteiger charge is 2.45. The summed E-state index contributed by atoms with van der Waals surface area (Å²) in [4.78, 5) is 14.8. The van der Waals surface area contributed by atoms with Gasteiger partial charge >= 0.3 is 7.60 Å². The van der Waals surface area contributed by atoms with Gasteiger partial charge in [-0.2, -0.15) is 0 Å². The lowest BCUT2D eigenvalue weighted by molar-refractivity contribution is -0.0652. The molecule has 1 aromatic heterocycles. The Morgan fingerprint density at radius 2 is 1.96 bits per heavy atom. The van der Waals surface area contributed by atoms with Crippen LogP contribution >= 0.6 is 7.60 Å². The van der Waals surface area contributed by atoms with Crippen LogP contribution in [0.25, 0.3) is 0 Å². The molecule has 13 heteroatoms. The number of aromatic hydroxyl groups is 1. The molecule has 1 aromatic rings. The van der Waals surface area contributed by atoms with Gasteiger partial charge in [0.1, 0.15) is 31.0 Å². The van der Waals surface area contributed by atoms with E-state index in [1.165, 1.54) is 0 Å². The molecule has 12 nitrogen and oxygen atoms in total. The molecule has 0 aromatic carbocycles. The molecule has 5 N–H and O–H groups in total. The minimum absolute atomic E-state index is 0.173. The summed E-state index contributed by atoms with van der Waals surface area (Å²) in [5, 5.41) is 30.3. The van der Waals surface area contributed by atoms with E-state index in [4.69, 9.17) is 24.3 Å². The topological polar surface area (TPSA) is 176 Å². The Labute approximate surface area is 155 Å². The third-order valence-electron chi connectivity index (χ3n) is 3.80. The van der Waals surface area contributed by atoms with E-state index < -0.39 is 49.6 Å². The summed E-state index contributed by atoms with van der Waals surface area (Å²) < 4.78 is 34.2. The van der Waals surface area contributed by atoms with Gasteiger partial charge in [0.2, 0.25) is 5.88 Å². The van der Waals surface area contributed by atoms with Gasteiger partial charge in [0.25, 0.3) is 5.91 Å². The molecular formula is C14H24N3O9P. The number of nitrogens with zero attached hydrogens (tertiary/aromatic N) is 2. The second-order valence-corrected chi connectivity index (χ2v) is 7.68. The fourth-order valence-electron chi connectivity index (χ4n) is 2.60. The Balaban J connectivity index is 2.00. The Kier molecular flexibility index (Phi) is 7.34. The molecule has 0 spiro atoms. The van der Waals surface area contributed by atoms with Crippen molar-refractivity contribution >= 4 is 13.5 Å². The van der Waals surface area contributed by atoms with Crippen molar-refractivity contribution in [2.24, 2.45) is 5.73 Å². The average Bonchev–Trinajstić information content (AvgIpc) is 3.10. The molecule has 2 heterocycles. The van der Waals surface area contributed by atoms with Crippen molar-refractivity contribution in [1.82, 2.24) is 9.55 Å². The summed E-state index contributed by atoms with van der Waals surface area (Å²) in [5.74, 6) is -1.56. The molecule has 0 radical (unpaired) electrons. The van der Waals surface area contributed by atoms with Crippen molar-refractivity contribution in [3.63, 3.8) is 0 Å². The van der Waals surface area contributed by atoms with Crippen molar-refractivity contribution in [3.05, 3.63) is 12.0 Å². The van der Waals surface area contributed by atoms with E-state index in [1.54, 1.807) is 13.8 Å². The van der Waals surface area contributed by atoms with Gasteiger partial charge in [0, 0.05) is 0 Å². The van der Waals surface area contributed by atoms with Crippen LogP contribution in [0.3, 0.4) is 0 Å². The van der Waals surface area contributed by atoms with E-state index in [2.05, 4.69) is 4.98 Å². The van der Waals surface area contributed by atoms with Crippen LogP contribution < -0.4 is 5.73 Å². The molecule has 27 heavy (non-hydrogen) atoms. The lowest BCUT2D eigenvalue weighted by atomic mass is 10.1. The number of hydrogen-bond donors (Lipinski definition) is 4. The predicted molar refractivity (Wildman–Crippen MR) is 90.0 cm³/mol. The molecule has 1 aliphatic heterocycles. The lowest BCUT2D eigenvalue weighted by Crippen LogP contribution is -2.34. The molecule has 0 bridgehead atoms. The maximum atomic E-state index is 12.3. The average molecular weight is 409 g/mol. The van der Waals surface area contributed by atoms with Crippen LogP contribution in [0.4, 0.5) is 0 Å². The van der Waals surface area contributed by atoms with Crippen LogP contribution in [0.15, 0.2) is 6.33 Å². The summed E-state index contributed by atoms with van der Waals surface area (Å²) in [7, 11) is -3.43. The summed E-state index contributed by atoms with van der Waals surface area (Å²) in [5.41, 5.74) is 4.68. The van der Waals surface area contributed by atoms with Gasteiger partial charge in [0.15, 0.2) is 11.9 Å². The van der Waals surface area contributed by atoms with Gasteiger partial charge in [-0.05, 0) is 13.8 Å². The van der Waals surface area contributed by atoms with Gasteiger partial charge < -0.3 is 39.6 Å². The Morgan fingerprint density at radius 1 is 1.33 bits per heavy atom. The zero-order valence-corrected chi connectivity index (χ0v) is 15.8. The van der Waals surface area contributed by atoms with Crippen molar-refractivity contribution in [1.29, 1.82) is 0 Å². The number of hydrogen-bond acceptors (Lipinski definition) is 10. The minimum atomic E-state index is -3.43. The van der Waals surface area contributed by atoms with Crippen molar-refractivity contribution in [2.45, 2.75) is 38.4 Å². The first-order valence-electron chi connectivity index (χ1n) is 8.27. The molecule has 4 atom stereocenters. The number of aromatic nitrogens is 2. The smallest absolute Gasteiger partial charge is 0.356 e. The van der Waals surface area contributed by atoms with Gasteiger partial charge in [-0.1, -0.05) is 0 Å². The molecule has 1 amide bonds. The highest BCUT2D eigenvalue weighted by Crippen LogP contribution is 2.48. The molecule has 0 saturated carbocycles. The molecule has 1 saturated heterocycles. The van der Waals surface area contributed by atoms with Crippen LogP contribution in [-0.2, 0) is 23.1 Å². The SMILES string of the molecule is CCOP(=O)(COC[C@H]1O[C@@H](n2cnc(C(N)=O)c2O)[C@H](O)[C@@H]1O)OCC. The van der Waals surface area contributed by atoms with Crippen LogP contribution in [0.1, 0.15) is 30.6 Å². The number of aliphatic hydroxyl groups excluding tert-OH is 2. The first kappa shape index (κ1) is 21.8. The van der Waals surface area contributed by atoms with Crippen LogP contribution in [0.2, 0.25) is 0 Å². The molecule has 0 unspecified atom stereocenters. The normalized spacial score (nSPS) is 25.8. The Bertz CT molecular complexity index is 687. The fourth-order valence-corrected chi connectivity index (χ4v) is 3.94. The van der Waals surface area contributed by atoms with E-state index in [0.29, 0.717) is 0 Å². The monoisotopic (exact) mass is 409 g/mol. The number of amides is 1. The maximum absolute atomic E-state index is 12.3. The molecular weight excluding hydrogens is 385 g/mol. The van der Waals surface area contributed by atoms with E-state index >= 15 is 0 Å². The number of carbonyl (C=O) groups is 1. The minimum Gasteiger partial charge on any atom is -0.493 e. The summed E-state index contributed by atoms with van der Waals surface area (Å²) in [6.45, 7) is 3.44. The second-order valence-electron chi connectivity index (χ2n) is 5.68. The van der Waals surface area contributed by atoms with Gasteiger partial charge in [-0.3, -0.25) is 13.9 Å². The third kappa shape index (κ3) is 4.85. The van der Waals surface area contributed by atoms with Crippen molar-refractivity contribution in [2.75, 3.05) is 26.2 Å².